The normalized spacial score (nSPS) is 21.0. The third-order valence-electron chi connectivity index (χ3n) is 6.45. The summed E-state index contributed by atoms with van der Waals surface area (Å²) < 4.78 is 2.23. The predicted molar refractivity (Wildman–Crippen MR) is 108 cm³/mol. The fourth-order valence-corrected chi connectivity index (χ4v) is 4.55. The molecule has 5 nitrogen and oxygen atoms in total. The first kappa shape index (κ1) is 18.2. The average molecular weight is 367 g/mol. The van der Waals surface area contributed by atoms with E-state index >= 15 is 0 Å². The van der Waals surface area contributed by atoms with Crippen LogP contribution in [0.5, 0.6) is 0 Å². The number of benzene rings is 1. The molecule has 2 heterocycles. The fraction of sp³-hybridized carbons (Fsp3) is 0.545. The molecule has 5 heteroatoms. The highest BCUT2D eigenvalue weighted by Crippen LogP contribution is 2.39. The minimum atomic E-state index is -0.312. The van der Waals surface area contributed by atoms with Gasteiger partial charge in [-0.1, -0.05) is 18.9 Å². The Hall–Kier alpha value is -2.14. The Kier molecular flexibility index (Phi) is 5.04. The summed E-state index contributed by atoms with van der Waals surface area (Å²) in [5, 5.41) is 6.88. The zero-order valence-corrected chi connectivity index (χ0v) is 16.4. The van der Waals surface area contributed by atoms with Gasteiger partial charge in [-0.15, -0.1) is 0 Å². The Bertz CT molecular complexity index is 819. The molecular weight excluding hydrogens is 336 g/mol. The molecule has 1 aromatic heterocycles. The summed E-state index contributed by atoms with van der Waals surface area (Å²) in [7, 11) is 0. The topological polar surface area (TPSA) is 59.0 Å². The van der Waals surface area contributed by atoms with Crippen LogP contribution in [0.3, 0.4) is 0 Å². The van der Waals surface area contributed by atoms with E-state index in [0.29, 0.717) is 0 Å². The van der Waals surface area contributed by atoms with Crippen molar-refractivity contribution in [1.82, 2.24) is 14.9 Å². The predicted octanol–water partition coefficient (Wildman–Crippen LogP) is 4.12. The van der Waals surface area contributed by atoms with E-state index in [9.17, 15) is 4.79 Å². The van der Waals surface area contributed by atoms with Crippen LogP contribution in [0, 0.1) is 19.3 Å². The number of fused-ring (bicyclic) bond motifs is 1. The second kappa shape index (κ2) is 7.47. The second-order valence-electron chi connectivity index (χ2n) is 8.30. The fourth-order valence-electron chi connectivity index (χ4n) is 4.55. The number of imidazole rings is 1. The van der Waals surface area contributed by atoms with E-state index in [2.05, 4.69) is 52.4 Å². The van der Waals surface area contributed by atoms with Crippen LogP contribution in [0.1, 0.15) is 61.5 Å². The number of hydrogen-bond acceptors (Lipinski definition) is 3. The van der Waals surface area contributed by atoms with Crippen molar-refractivity contribution < 1.29 is 4.79 Å². The van der Waals surface area contributed by atoms with E-state index in [1.807, 2.05) is 12.3 Å². The van der Waals surface area contributed by atoms with Crippen molar-refractivity contribution in [1.29, 1.82) is 0 Å². The molecule has 1 saturated carbocycles. The molecule has 0 saturated heterocycles. The molecule has 27 heavy (non-hydrogen) atoms. The third kappa shape index (κ3) is 3.65. The van der Waals surface area contributed by atoms with E-state index in [0.717, 1.165) is 63.1 Å². The summed E-state index contributed by atoms with van der Waals surface area (Å²) in [4.78, 5) is 17.8. The van der Waals surface area contributed by atoms with E-state index < -0.39 is 0 Å². The van der Waals surface area contributed by atoms with Gasteiger partial charge < -0.3 is 15.2 Å². The number of aromatic nitrogens is 2. The zero-order valence-electron chi connectivity index (χ0n) is 16.4. The van der Waals surface area contributed by atoms with Crippen molar-refractivity contribution in [3.63, 3.8) is 0 Å². The molecule has 2 N–H and O–H groups in total. The standard InChI is InChI=1S/C22H30N4O/c1-16-7-8-18(14-17(16)2)25-21(27)22(9-3-4-10-22)15-24-19-6-5-12-26-13-11-23-20(19)26/h7-8,11,13-14,19,24H,3-6,9-10,12,15H2,1-2H3,(H,25,27). The van der Waals surface area contributed by atoms with Crippen LogP contribution in [0.4, 0.5) is 5.69 Å². The molecule has 1 unspecified atom stereocenters. The molecule has 1 atom stereocenters. The van der Waals surface area contributed by atoms with Gasteiger partial charge in [-0.25, -0.2) is 4.98 Å². The van der Waals surface area contributed by atoms with Crippen LogP contribution < -0.4 is 10.6 Å². The van der Waals surface area contributed by atoms with Crippen LogP contribution in [0.15, 0.2) is 30.6 Å². The highest BCUT2D eigenvalue weighted by atomic mass is 16.2. The number of rotatable bonds is 5. The second-order valence-corrected chi connectivity index (χ2v) is 8.30. The van der Waals surface area contributed by atoms with Crippen molar-refractivity contribution in [2.45, 2.75) is 65.0 Å². The molecular formula is C22H30N4O. The minimum absolute atomic E-state index is 0.162. The molecule has 0 bridgehead atoms. The monoisotopic (exact) mass is 366 g/mol. The highest BCUT2D eigenvalue weighted by Gasteiger charge is 2.41. The van der Waals surface area contributed by atoms with Gasteiger partial charge in [0.05, 0.1) is 11.5 Å². The Morgan fingerprint density at radius 3 is 2.81 bits per heavy atom. The van der Waals surface area contributed by atoms with Crippen LogP contribution in [-0.2, 0) is 11.3 Å². The molecule has 2 aliphatic rings. The van der Waals surface area contributed by atoms with Gasteiger partial charge in [0.1, 0.15) is 5.82 Å². The van der Waals surface area contributed by atoms with Gasteiger partial charge in [-0.3, -0.25) is 4.79 Å². The Morgan fingerprint density at radius 2 is 2.04 bits per heavy atom. The van der Waals surface area contributed by atoms with Gasteiger partial charge in [0, 0.05) is 31.2 Å². The number of hydrogen-bond donors (Lipinski definition) is 2. The lowest BCUT2D eigenvalue weighted by Crippen LogP contribution is -2.44. The van der Waals surface area contributed by atoms with Gasteiger partial charge in [0.2, 0.25) is 5.91 Å². The average Bonchev–Trinajstić information content (AvgIpc) is 3.33. The largest absolute Gasteiger partial charge is 0.334 e. The third-order valence-corrected chi connectivity index (χ3v) is 6.45. The first-order chi connectivity index (χ1) is 13.1. The van der Waals surface area contributed by atoms with E-state index in [-0.39, 0.29) is 17.4 Å². The van der Waals surface area contributed by atoms with E-state index in [1.165, 1.54) is 11.1 Å². The summed E-state index contributed by atoms with van der Waals surface area (Å²) in [6, 6.07) is 6.41. The molecule has 4 rings (SSSR count). The molecule has 1 aliphatic carbocycles. The number of nitrogens with one attached hydrogen (secondary N) is 2. The molecule has 0 radical (unpaired) electrons. The zero-order chi connectivity index (χ0) is 18.9. The summed E-state index contributed by atoms with van der Waals surface area (Å²) >= 11 is 0. The lowest BCUT2D eigenvalue weighted by atomic mass is 9.84. The lowest BCUT2D eigenvalue weighted by Gasteiger charge is -2.32. The van der Waals surface area contributed by atoms with Crippen molar-refractivity contribution >= 4 is 11.6 Å². The van der Waals surface area contributed by atoms with Crippen LogP contribution >= 0.6 is 0 Å². The SMILES string of the molecule is Cc1ccc(NC(=O)C2(CNC3CCCn4ccnc43)CCCC2)cc1C. The van der Waals surface area contributed by atoms with Crippen molar-refractivity contribution in [2.75, 3.05) is 11.9 Å². The minimum Gasteiger partial charge on any atom is -0.334 e. The first-order valence-corrected chi connectivity index (χ1v) is 10.2. The molecule has 1 amide bonds. The quantitative estimate of drug-likeness (QED) is 0.837. The van der Waals surface area contributed by atoms with Gasteiger partial charge in [-0.05, 0) is 62.8 Å². The highest BCUT2D eigenvalue weighted by molar-refractivity contribution is 5.95. The maximum atomic E-state index is 13.2. The molecule has 2 aromatic rings. The maximum absolute atomic E-state index is 13.2. The van der Waals surface area contributed by atoms with Gasteiger partial charge >= 0.3 is 0 Å². The number of amides is 1. The number of carbonyl (C=O) groups is 1. The van der Waals surface area contributed by atoms with Crippen molar-refractivity contribution in [3.8, 4) is 0 Å². The number of nitrogens with zero attached hydrogens (tertiary/aromatic N) is 2. The Labute approximate surface area is 161 Å². The first-order valence-electron chi connectivity index (χ1n) is 10.2. The van der Waals surface area contributed by atoms with Crippen LogP contribution in [-0.4, -0.2) is 22.0 Å². The number of carbonyl (C=O) groups excluding carboxylic acids is 1. The lowest BCUT2D eigenvalue weighted by molar-refractivity contribution is -0.125. The van der Waals surface area contributed by atoms with Gasteiger partial charge in [-0.2, -0.15) is 0 Å². The summed E-state index contributed by atoms with van der Waals surface area (Å²) in [6.07, 6.45) is 10.3. The van der Waals surface area contributed by atoms with Crippen LogP contribution in [0.25, 0.3) is 0 Å². The van der Waals surface area contributed by atoms with Gasteiger partial charge in [0.25, 0.3) is 0 Å². The Balaban J connectivity index is 1.46. The Morgan fingerprint density at radius 1 is 1.22 bits per heavy atom. The summed E-state index contributed by atoms with van der Waals surface area (Å²) in [5.74, 6) is 1.28. The molecule has 1 fully saturated rings. The smallest absolute Gasteiger partial charge is 0.231 e. The maximum Gasteiger partial charge on any atom is 0.231 e. The summed E-state index contributed by atoms with van der Waals surface area (Å²) in [5.41, 5.74) is 3.05. The van der Waals surface area contributed by atoms with E-state index in [1.54, 1.807) is 0 Å². The van der Waals surface area contributed by atoms with Crippen molar-refractivity contribution in [3.05, 3.63) is 47.5 Å². The molecule has 1 aromatic carbocycles. The van der Waals surface area contributed by atoms with Crippen molar-refractivity contribution in [2.24, 2.45) is 5.41 Å². The van der Waals surface area contributed by atoms with Crippen LogP contribution in [0.2, 0.25) is 0 Å². The number of anilines is 1. The molecule has 1 aliphatic heterocycles. The van der Waals surface area contributed by atoms with Gasteiger partial charge in [0.15, 0.2) is 0 Å². The van der Waals surface area contributed by atoms with E-state index in [4.69, 9.17) is 0 Å². The molecule has 144 valence electrons. The molecule has 0 spiro atoms. The number of aryl methyl sites for hydroxylation is 3. The summed E-state index contributed by atoms with van der Waals surface area (Å²) in [6.45, 7) is 5.95.